The van der Waals surface area contributed by atoms with Gasteiger partial charge in [-0.3, -0.25) is 0 Å². The van der Waals surface area contributed by atoms with Crippen LogP contribution in [-0.2, 0) is 6.42 Å². The largest absolute Gasteiger partial charge is 0.508 e. The molecule has 1 nitrogen and oxygen atoms in total. The van der Waals surface area contributed by atoms with E-state index in [1.165, 1.54) is 10.9 Å². The Balaban J connectivity index is 2.52. The molecule has 0 saturated heterocycles. The highest BCUT2D eigenvalue weighted by Gasteiger charge is 1.97. The van der Waals surface area contributed by atoms with E-state index in [0.717, 1.165) is 18.2 Å². The molecular weight excluding hydrogens is 172 g/mol. The van der Waals surface area contributed by atoms with Gasteiger partial charge in [-0.2, -0.15) is 0 Å². The Labute approximate surface area is 84.0 Å². The SMILES string of the molecule is CCCc1ccc2ccc(O)cc2c1. The van der Waals surface area contributed by atoms with Crippen LogP contribution in [0.15, 0.2) is 36.4 Å². The molecule has 0 aromatic heterocycles. The number of hydrogen-bond acceptors (Lipinski definition) is 1. The normalized spacial score (nSPS) is 10.6. The van der Waals surface area contributed by atoms with Crippen molar-refractivity contribution in [3.8, 4) is 5.75 Å². The second kappa shape index (κ2) is 3.70. The van der Waals surface area contributed by atoms with Crippen molar-refractivity contribution in [2.24, 2.45) is 0 Å². The molecule has 1 N–H and O–H groups in total. The van der Waals surface area contributed by atoms with E-state index < -0.39 is 0 Å². The zero-order valence-electron chi connectivity index (χ0n) is 8.33. The third-order valence-electron chi connectivity index (χ3n) is 2.43. The molecule has 0 aliphatic heterocycles. The zero-order chi connectivity index (χ0) is 9.97. The molecule has 2 aromatic carbocycles. The van der Waals surface area contributed by atoms with Crippen LogP contribution in [0.4, 0.5) is 0 Å². The van der Waals surface area contributed by atoms with Crippen LogP contribution in [0.1, 0.15) is 18.9 Å². The van der Waals surface area contributed by atoms with Crippen LogP contribution in [0, 0.1) is 0 Å². The standard InChI is InChI=1S/C13H14O/c1-2-3-10-4-5-11-6-7-13(14)9-12(11)8-10/h4-9,14H,2-3H2,1H3. The first-order chi connectivity index (χ1) is 6.79. The summed E-state index contributed by atoms with van der Waals surface area (Å²) in [6.07, 6.45) is 2.26. The number of phenols is 1. The van der Waals surface area contributed by atoms with Crippen LogP contribution in [-0.4, -0.2) is 5.11 Å². The quantitative estimate of drug-likeness (QED) is 0.761. The molecular formula is C13H14O. The molecule has 2 aromatic rings. The molecule has 0 saturated carbocycles. The van der Waals surface area contributed by atoms with Crippen LogP contribution >= 0.6 is 0 Å². The summed E-state index contributed by atoms with van der Waals surface area (Å²) in [4.78, 5) is 0. The van der Waals surface area contributed by atoms with Gasteiger partial charge in [-0.05, 0) is 34.9 Å². The van der Waals surface area contributed by atoms with E-state index in [0.29, 0.717) is 5.75 Å². The highest BCUT2D eigenvalue weighted by molar-refractivity contribution is 5.84. The Morgan fingerprint density at radius 2 is 1.79 bits per heavy atom. The summed E-state index contributed by atoms with van der Waals surface area (Å²) in [5.41, 5.74) is 1.34. The Hall–Kier alpha value is -1.50. The summed E-state index contributed by atoms with van der Waals surface area (Å²) >= 11 is 0. The van der Waals surface area contributed by atoms with Gasteiger partial charge in [0.15, 0.2) is 0 Å². The Morgan fingerprint density at radius 1 is 1.00 bits per heavy atom. The van der Waals surface area contributed by atoms with Crippen LogP contribution < -0.4 is 0 Å². The maximum atomic E-state index is 9.35. The van der Waals surface area contributed by atoms with Crippen molar-refractivity contribution in [3.05, 3.63) is 42.0 Å². The van der Waals surface area contributed by atoms with E-state index in [9.17, 15) is 5.11 Å². The molecule has 0 aliphatic rings. The molecule has 0 bridgehead atoms. The first-order valence-electron chi connectivity index (χ1n) is 5.01. The Morgan fingerprint density at radius 3 is 2.57 bits per heavy atom. The average molecular weight is 186 g/mol. The van der Waals surface area contributed by atoms with E-state index in [2.05, 4.69) is 25.1 Å². The summed E-state index contributed by atoms with van der Waals surface area (Å²) in [6, 6.07) is 11.9. The van der Waals surface area contributed by atoms with Gasteiger partial charge in [0.1, 0.15) is 5.75 Å². The van der Waals surface area contributed by atoms with Crippen LogP contribution in [0.2, 0.25) is 0 Å². The maximum absolute atomic E-state index is 9.35. The number of aryl methyl sites for hydroxylation is 1. The van der Waals surface area contributed by atoms with Gasteiger partial charge in [-0.1, -0.05) is 37.6 Å². The van der Waals surface area contributed by atoms with Gasteiger partial charge in [0, 0.05) is 0 Å². The first-order valence-corrected chi connectivity index (χ1v) is 5.01. The summed E-state index contributed by atoms with van der Waals surface area (Å²) < 4.78 is 0. The van der Waals surface area contributed by atoms with Gasteiger partial charge in [0.2, 0.25) is 0 Å². The van der Waals surface area contributed by atoms with Crippen molar-refractivity contribution in [3.63, 3.8) is 0 Å². The topological polar surface area (TPSA) is 20.2 Å². The number of phenolic OH excluding ortho intramolecular Hbond substituents is 1. The number of hydrogen-bond donors (Lipinski definition) is 1. The summed E-state index contributed by atoms with van der Waals surface area (Å²) in [6.45, 7) is 2.17. The van der Waals surface area contributed by atoms with Crippen LogP contribution in [0.25, 0.3) is 10.8 Å². The number of benzene rings is 2. The molecule has 0 unspecified atom stereocenters. The van der Waals surface area contributed by atoms with Crippen molar-refractivity contribution >= 4 is 10.8 Å². The van der Waals surface area contributed by atoms with E-state index >= 15 is 0 Å². The molecule has 0 amide bonds. The lowest BCUT2D eigenvalue weighted by Crippen LogP contribution is -1.82. The van der Waals surface area contributed by atoms with Crippen LogP contribution in [0.5, 0.6) is 5.75 Å². The third-order valence-corrected chi connectivity index (χ3v) is 2.43. The van der Waals surface area contributed by atoms with Gasteiger partial charge < -0.3 is 5.11 Å². The monoisotopic (exact) mass is 186 g/mol. The smallest absolute Gasteiger partial charge is 0.116 e. The van der Waals surface area contributed by atoms with Crippen molar-refractivity contribution in [2.75, 3.05) is 0 Å². The van der Waals surface area contributed by atoms with Gasteiger partial charge in [-0.15, -0.1) is 0 Å². The Kier molecular flexibility index (Phi) is 2.40. The lowest BCUT2D eigenvalue weighted by molar-refractivity contribution is 0.476. The first kappa shape index (κ1) is 9.07. The molecule has 0 heterocycles. The Bertz CT molecular complexity index is 446. The summed E-state index contributed by atoms with van der Waals surface area (Å²) in [5.74, 6) is 0.339. The fraction of sp³-hybridized carbons (Fsp3) is 0.231. The van der Waals surface area contributed by atoms with Gasteiger partial charge in [0.25, 0.3) is 0 Å². The minimum atomic E-state index is 0.339. The highest BCUT2D eigenvalue weighted by Crippen LogP contribution is 2.21. The van der Waals surface area contributed by atoms with Gasteiger partial charge in [0.05, 0.1) is 0 Å². The van der Waals surface area contributed by atoms with Crippen molar-refractivity contribution in [1.29, 1.82) is 0 Å². The van der Waals surface area contributed by atoms with Crippen molar-refractivity contribution < 1.29 is 5.11 Å². The molecule has 14 heavy (non-hydrogen) atoms. The van der Waals surface area contributed by atoms with E-state index in [-0.39, 0.29) is 0 Å². The molecule has 72 valence electrons. The summed E-state index contributed by atoms with van der Waals surface area (Å²) in [5, 5.41) is 11.7. The fourth-order valence-corrected chi connectivity index (χ4v) is 1.73. The number of fused-ring (bicyclic) bond motifs is 1. The zero-order valence-corrected chi connectivity index (χ0v) is 8.33. The van der Waals surface area contributed by atoms with Crippen molar-refractivity contribution in [1.82, 2.24) is 0 Å². The molecule has 0 spiro atoms. The van der Waals surface area contributed by atoms with E-state index in [1.807, 2.05) is 12.1 Å². The molecule has 2 rings (SSSR count). The van der Waals surface area contributed by atoms with Crippen molar-refractivity contribution in [2.45, 2.75) is 19.8 Å². The minimum absolute atomic E-state index is 0.339. The lowest BCUT2D eigenvalue weighted by Gasteiger charge is -2.02. The van der Waals surface area contributed by atoms with Gasteiger partial charge in [-0.25, -0.2) is 0 Å². The predicted octanol–water partition coefficient (Wildman–Crippen LogP) is 3.50. The summed E-state index contributed by atoms with van der Waals surface area (Å²) in [7, 11) is 0. The van der Waals surface area contributed by atoms with E-state index in [4.69, 9.17) is 0 Å². The second-order valence-corrected chi connectivity index (χ2v) is 3.62. The average Bonchev–Trinajstić information content (AvgIpc) is 2.17. The fourth-order valence-electron chi connectivity index (χ4n) is 1.73. The van der Waals surface area contributed by atoms with E-state index in [1.54, 1.807) is 6.07 Å². The van der Waals surface area contributed by atoms with Gasteiger partial charge >= 0.3 is 0 Å². The molecule has 0 atom stereocenters. The number of rotatable bonds is 2. The molecule has 0 radical (unpaired) electrons. The second-order valence-electron chi connectivity index (χ2n) is 3.62. The third kappa shape index (κ3) is 1.72. The lowest BCUT2D eigenvalue weighted by atomic mass is 10.0. The van der Waals surface area contributed by atoms with Crippen LogP contribution in [0.3, 0.4) is 0 Å². The minimum Gasteiger partial charge on any atom is -0.508 e. The predicted molar refractivity (Wildman–Crippen MR) is 59.6 cm³/mol. The number of aromatic hydroxyl groups is 1. The highest BCUT2D eigenvalue weighted by atomic mass is 16.3. The molecule has 1 heteroatoms. The molecule has 0 aliphatic carbocycles. The maximum Gasteiger partial charge on any atom is 0.116 e. The molecule has 0 fully saturated rings.